The van der Waals surface area contributed by atoms with Gasteiger partial charge in [0.1, 0.15) is 33.5 Å². The molecule has 0 radical (unpaired) electrons. The third-order valence-corrected chi connectivity index (χ3v) is 28.3. The van der Waals surface area contributed by atoms with E-state index in [9.17, 15) is 0 Å². The van der Waals surface area contributed by atoms with Gasteiger partial charge in [-0.25, -0.2) is 29.9 Å². The standard InChI is InChI=1S/C41H33N6O.C40H30N5O2.C40H30N5OS.3Pt/c1-41(2,3)26-17-19-42-39(20-26)47-34-14-7-6-12-30(34)31-16-15-29(22-36(31)47)48-28-11-8-10-27(21-28)46-25-44(4)37-24-35-33(23-38(37)46)32-13-9-18-43-40(32)45(35)5;2*1-40(2,3)25-16-18-41-38(19-25)45-33-13-6-5-11-29(33)30-15-14-28(21-34(30)45)46-27-10-7-9-26(20-27)44-24-43(4)35-23-37-32(22-36(35)44)31-12-8-17-42-39(31)47-37;;;/h6-20,23-25H,1-5H3;2*5-19,22-24H,1-4H3;;;/q3*-3;;;. The van der Waals surface area contributed by atoms with Crippen LogP contribution in [0.4, 0.5) is 51.2 Å². The molecule has 0 spiro atoms. The number of hydrogen-bond acceptors (Lipinski definition) is 17. The van der Waals surface area contributed by atoms with Crippen molar-refractivity contribution in [3.63, 3.8) is 0 Å². The van der Waals surface area contributed by atoms with E-state index >= 15 is 0 Å². The van der Waals surface area contributed by atoms with Crippen molar-refractivity contribution >= 4 is 192 Å². The van der Waals surface area contributed by atoms with Crippen LogP contribution in [0.3, 0.4) is 0 Å². The summed E-state index contributed by atoms with van der Waals surface area (Å²) in [6.45, 7) is 26.2. The first-order valence-corrected chi connectivity index (χ1v) is 48.2. The molecule has 24 aromatic rings. The van der Waals surface area contributed by atoms with E-state index in [1.54, 1.807) is 17.5 Å². The summed E-state index contributed by atoms with van der Waals surface area (Å²) in [5.74, 6) is 6.22. The number of hydrogen-bond donors (Lipinski definition) is 0. The zero-order chi connectivity index (χ0) is 96.5. The number of aryl methyl sites for hydroxylation is 1. The van der Waals surface area contributed by atoms with Gasteiger partial charge in [0.05, 0.1) is 5.52 Å². The van der Waals surface area contributed by atoms with Crippen LogP contribution in [0.1, 0.15) is 79.0 Å². The van der Waals surface area contributed by atoms with Crippen LogP contribution in [-0.2, 0) is 86.5 Å². The molecule has 0 atom stereocenters. The molecule has 3 aliphatic heterocycles. The molecule has 0 N–H and O–H groups in total. The Morgan fingerprint density at radius 1 is 0.290 bits per heavy atom. The number of furan rings is 1. The topological polar surface area (TPSA) is 157 Å². The average molecular weight is 2450 g/mol. The van der Waals surface area contributed by atoms with Gasteiger partial charge in [-0.05, 0) is 192 Å². The minimum absolute atomic E-state index is 0. The molecule has 12 aromatic heterocycles. The Balaban J connectivity index is 0.000000123. The van der Waals surface area contributed by atoms with E-state index in [2.05, 4.69) is 391 Å². The zero-order valence-corrected chi connectivity index (χ0v) is 89.0. The van der Waals surface area contributed by atoms with E-state index in [-0.39, 0.29) is 79.4 Å². The predicted octanol–water partition coefficient (Wildman–Crippen LogP) is 29.8. The number of para-hydroxylation sites is 3. The molecule has 0 saturated heterocycles. The van der Waals surface area contributed by atoms with Crippen LogP contribution < -0.4 is 43.6 Å². The van der Waals surface area contributed by atoms with E-state index in [0.29, 0.717) is 40.2 Å². The third-order valence-electron chi connectivity index (χ3n) is 27.2. The average Bonchev–Trinajstić information content (AvgIpc) is 1.51. The number of pyridine rings is 6. The number of ether oxygens (including phenoxy) is 3. The van der Waals surface area contributed by atoms with Gasteiger partial charge in [0.2, 0.25) is 5.71 Å². The van der Waals surface area contributed by atoms with Crippen molar-refractivity contribution < 1.29 is 81.8 Å². The van der Waals surface area contributed by atoms with Crippen molar-refractivity contribution in [2.45, 2.75) is 78.6 Å². The van der Waals surface area contributed by atoms with Crippen LogP contribution in [0.5, 0.6) is 34.5 Å². The number of fused-ring (bicyclic) bond motifs is 21. The third kappa shape index (κ3) is 16.8. The van der Waals surface area contributed by atoms with E-state index in [1.165, 1.54) is 37.5 Å². The molecule has 15 heterocycles. The van der Waals surface area contributed by atoms with Crippen LogP contribution in [0.25, 0.3) is 147 Å². The van der Waals surface area contributed by atoms with Crippen molar-refractivity contribution in [2.24, 2.45) is 7.05 Å². The largest absolute Gasteiger partial charge is 0.509 e. The number of nitrogens with zero attached hydrogens (tertiary/aromatic N) is 16. The summed E-state index contributed by atoms with van der Waals surface area (Å²) in [5, 5.41) is 13.4. The first-order valence-electron chi connectivity index (χ1n) is 47.4. The normalized spacial score (nSPS) is 13.1. The van der Waals surface area contributed by atoms with Gasteiger partial charge in [0.25, 0.3) is 0 Å². The summed E-state index contributed by atoms with van der Waals surface area (Å²) in [6, 6.07) is 115. The van der Waals surface area contributed by atoms with E-state index < -0.39 is 0 Å². The molecule has 0 aliphatic carbocycles. The molecule has 24 heteroatoms. The zero-order valence-electron chi connectivity index (χ0n) is 81.3. The summed E-state index contributed by atoms with van der Waals surface area (Å²) in [5.41, 5.74) is 22.3. The molecule has 145 heavy (non-hydrogen) atoms. The fourth-order valence-electron chi connectivity index (χ4n) is 20.0. The minimum atomic E-state index is -0.00704. The van der Waals surface area contributed by atoms with Gasteiger partial charge in [-0.2, -0.15) is 56.4 Å². The summed E-state index contributed by atoms with van der Waals surface area (Å²) >= 11 is 1.73. The number of thiophene rings is 1. The van der Waals surface area contributed by atoms with Gasteiger partial charge in [-0.15, -0.1) is 136 Å². The molecule has 0 amide bonds. The monoisotopic (exact) mass is 2450 g/mol. The second-order valence-electron chi connectivity index (χ2n) is 39.4. The number of benzene rings is 12. The molecule has 0 fully saturated rings. The molecule has 12 aromatic carbocycles. The summed E-state index contributed by atoms with van der Waals surface area (Å²) in [6.07, 6.45) is 11.1. The Hall–Kier alpha value is -15.0. The van der Waals surface area contributed by atoms with Gasteiger partial charge >= 0.3 is 0 Å². The van der Waals surface area contributed by atoms with Crippen LogP contribution in [0.15, 0.2) is 315 Å². The minimum Gasteiger partial charge on any atom is -0.509 e. The quantitative estimate of drug-likeness (QED) is 0.106. The Morgan fingerprint density at radius 2 is 0.662 bits per heavy atom. The molecule has 0 unspecified atom stereocenters. The van der Waals surface area contributed by atoms with Crippen LogP contribution >= 0.6 is 11.3 Å². The number of rotatable bonds is 12. The Kier molecular flexibility index (Phi) is 24.2. The smallest absolute Gasteiger partial charge is 0.227 e. The first-order chi connectivity index (χ1) is 68.9. The maximum Gasteiger partial charge on any atom is 0.227 e. The molecule has 3 aliphatic rings. The maximum absolute atomic E-state index is 6.49. The molecular formula is C121H93N16O4Pt3S-9. The van der Waals surface area contributed by atoms with Gasteiger partial charge in [-0.3, -0.25) is 0 Å². The fraction of sp³-hybridized carbons (Fsp3) is 0.132. The summed E-state index contributed by atoms with van der Waals surface area (Å²) in [4.78, 5) is 41.9. The Morgan fingerprint density at radius 3 is 1.10 bits per heavy atom. The van der Waals surface area contributed by atoms with Crippen LogP contribution in [0, 0.1) is 56.4 Å². The van der Waals surface area contributed by atoms with Crippen molar-refractivity contribution in [1.82, 2.24) is 48.2 Å². The summed E-state index contributed by atoms with van der Waals surface area (Å²) < 4.78 is 35.4. The van der Waals surface area contributed by atoms with Crippen molar-refractivity contribution in [2.75, 3.05) is 50.5 Å². The maximum atomic E-state index is 6.49. The van der Waals surface area contributed by atoms with Crippen molar-refractivity contribution in [3.05, 3.63) is 383 Å². The first kappa shape index (κ1) is 94.9. The second kappa shape index (κ2) is 37.0. The second-order valence-corrected chi connectivity index (χ2v) is 40.5. The van der Waals surface area contributed by atoms with Crippen molar-refractivity contribution in [3.8, 4) is 52.0 Å². The van der Waals surface area contributed by atoms with E-state index in [4.69, 9.17) is 33.6 Å². The van der Waals surface area contributed by atoms with Gasteiger partial charge in [0.15, 0.2) is 0 Å². The van der Waals surface area contributed by atoms with Gasteiger partial charge < -0.3 is 66.3 Å². The van der Waals surface area contributed by atoms with E-state index in [1.807, 2.05) is 123 Å². The molecular weight excluding hydrogens is 2360 g/mol. The summed E-state index contributed by atoms with van der Waals surface area (Å²) in [7, 11) is 8.25. The fourth-order valence-corrected chi connectivity index (χ4v) is 21.1. The molecule has 726 valence electrons. The Bertz CT molecular complexity index is 8910. The molecule has 0 saturated carbocycles. The molecule has 0 bridgehead atoms. The van der Waals surface area contributed by atoms with Gasteiger partial charge in [0, 0.05) is 236 Å². The SMILES string of the molecule is CN1[CH-]N(c2[c-]c(Oc3[c-]c4c(cc3)c3ccccc3n4-c3cc(C(C)(C)C)ccn3)ccc2)c2cc3c(cc21)oc1ncccc13.CN1[CH-]N(c2[c-]c(Oc3[c-]c4c(cc3)c3ccccc3n4-c3cc(C(C)(C)C)ccn3)ccc2)c2cc3c(cc21)sc1ncccc13.CN1[CH-]N(c2[c-]c(Oc3[c-]c4c(cc3)c3ccccc3n4-c3cc(C(C)(C)C)ccn3)ccc2)c2cc3c4cccnc4n(C)c3cc21.[Pt].[Pt].[Pt]. The number of anilines is 9. The Labute approximate surface area is 886 Å². The van der Waals surface area contributed by atoms with Gasteiger partial charge in [-0.1, -0.05) is 133 Å². The molecule has 27 rings (SSSR count). The van der Waals surface area contributed by atoms with E-state index in [0.717, 1.165) is 172 Å². The van der Waals surface area contributed by atoms with Crippen LogP contribution in [0.2, 0.25) is 0 Å². The van der Waals surface area contributed by atoms with Crippen molar-refractivity contribution in [1.29, 1.82) is 0 Å². The van der Waals surface area contributed by atoms with Crippen LogP contribution in [-0.4, -0.2) is 69.3 Å². The number of aromatic nitrogens is 10. The predicted molar refractivity (Wildman–Crippen MR) is 576 cm³/mol. The molecule has 20 nitrogen and oxygen atoms in total.